The van der Waals surface area contributed by atoms with E-state index in [1.54, 1.807) is 11.8 Å². The van der Waals surface area contributed by atoms with Crippen molar-refractivity contribution in [1.29, 1.82) is 0 Å². The molecule has 0 aromatic heterocycles. The molecule has 11 heavy (non-hydrogen) atoms. The van der Waals surface area contributed by atoms with Gasteiger partial charge in [-0.3, -0.25) is 4.79 Å². The molecule has 0 saturated carbocycles. The van der Waals surface area contributed by atoms with Gasteiger partial charge >= 0.3 is 5.97 Å². The van der Waals surface area contributed by atoms with Gasteiger partial charge in [-0.1, -0.05) is 25.6 Å². The average molecular weight is 213 g/mol. The third-order valence-corrected chi connectivity index (χ3v) is 2.36. The molecule has 0 spiro atoms. The van der Waals surface area contributed by atoms with Gasteiger partial charge in [-0.15, -0.1) is 0 Å². The number of thioether (sulfide) groups is 1. The topological polar surface area (TPSA) is 40.5 Å². The van der Waals surface area contributed by atoms with Gasteiger partial charge in [-0.05, 0) is 18.4 Å². The maximum absolute atomic E-state index is 10.5. The van der Waals surface area contributed by atoms with Crippen LogP contribution in [0.15, 0.2) is 0 Å². The van der Waals surface area contributed by atoms with Crippen molar-refractivity contribution in [3.63, 3.8) is 0 Å². The largest absolute Gasteiger partial charge is 0.480 e. The fraction of sp³-hybridized carbons (Fsp3) is 0.800. The second-order valence-corrected chi connectivity index (χ2v) is 4.12. The zero-order chi connectivity index (χ0) is 8.85. The molecule has 66 valence electrons. The molecule has 1 N–H and O–H groups in total. The van der Waals surface area contributed by atoms with E-state index in [1.807, 2.05) is 6.26 Å². The van der Waals surface area contributed by atoms with Crippen LogP contribution in [-0.4, -0.2) is 32.8 Å². The zero-order valence-corrected chi connectivity index (χ0v) is 8.70. The van der Waals surface area contributed by atoms with Crippen molar-refractivity contribution in [2.24, 2.45) is 0 Å². The number of aliphatic carboxylic acids is 1. The van der Waals surface area contributed by atoms with Crippen molar-refractivity contribution in [2.45, 2.75) is 12.5 Å². The lowest BCUT2D eigenvalue weighted by atomic mass is 10.2. The van der Waals surface area contributed by atoms with Crippen molar-refractivity contribution in [3.8, 4) is 0 Å². The number of hydrogen-bond donors (Lipinski definition) is 3. The summed E-state index contributed by atoms with van der Waals surface area (Å²) in [6, 6.07) is -0.603. The monoisotopic (exact) mass is 213 g/mol. The van der Waals surface area contributed by atoms with Crippen LogP contribution in [0.4, 0.5) is 0 Å². The summed E-state index contributed by atoms with van der Waals surface area (Å²) >= 11 is 9.23. The van der Waals surface area contributed by atoms with Gasteiger partial charge in [-0.2, -0.15) is 15.5 Å². The van der Waals surface area contributed by atoms with Crippen LogP contribution in [0, 0.1) is 0 Å². The number of hydrogen-bond acceptors (Lipinski definition) is 5. The molecule has 1 atom stereocenters. The maximum atomic E-state index is 10.5. The lowest BCUT2D eigenvalue weighted by molar-refractivity contribution is -0.140. The Hall–Kier alpha value is 0.480. The first-order valence-corrected chi connectivity index (χ1v) is 5.17. The molecule has 0 saturated heterocycles. The summed E-state index contributed by atoms with van der Waals surface area (Å²) in [5.74, 6) is -0.0850. The number of rotatable bonds is 5. The van der Waals surface area contributed by atoms with Crippen LogP contribution in [0.5, 0.6) is 0 Å². The van der Waals surface area contributed by atoms with E-state index < -0.39 is 12.0 Å². The maximum Gasteiger partial charge on any atom is 0.322 e. The Kier molecular flexibility index (Phi) is 6.31. The fourth-order valence-electron chi connectivity index (χ4n) is 0.567. The smallest absolute Gasteiger partial charge is 0.322 e. The minimum absolute atomic E-state index is 0.559. The molecule has 0 aromatic carbocycles. The quantitative estimate of drug-likeness (QED) is 0.600. The van der Waals surface area contributed by atoms with E-state index in [0.29, 0.717) is 6.42 Å². The minimum Gasteiger partial charge on any atom is -0.480 e. The second kappa shape index (κ2) is 6.05. The molecule has 0 fully saturated rings. The van der Waals surface area contributed by atoms with Crippen LogP contribution in [0.2, 0.25) is 0 Å². The zero-order valence-electron chi connectivity index (χ0n) is 6.10. The predicted molar refractivity (Wildman–Crippen MR) is 54.2 cm³/mol. The van der Waals surface area contributed by atoms with Crippen LogP contribution in [-0.2, 0) is 4.79 Å². The number of carboxylic acids is 1. The van der Waals surface area contributed by atoms with E-state index in [-0.39, 0.29) is 0 Å². The summed E-state index contributed by atoms with van der Waals surface area (Å²) in [5.41, 5.74) is 0. The molecule has 0 radical (unpaired) electrons. The summed E-state index contributed by atoms with van der Waals surface area (Å²) in [5, 5.41) is 8.62. The van der Waals surface area contributed by atoms with Crippen molar-refractivity contribution < 1.29 is 9.90 Å². The first-order valence-electron chi connectivity index (χ1n) is 2.98. The van der Waals surface area contributed by atoms with E-state index in [9.17, 15) is 4.79 Å². The molecule has 0 rings (SSSR count). The van der Waals surface area contributed by atoms with E-state index in [4.69, 9.17) is 5.11 Å². The number of nitrogens with zero attached hydrogens (tertiary/aromatic N) is 1. The van der Waals surface area contributed by atoms with Crippen molar-refractivity contribution >= 4 is 43.4 Å². The highest BCUT2D eigenvalue weighted by atomic mass is 32.2. The third kappa shape index (κ3) is 4.84. The molecule has 0 aliphatic rings. The van der Waals surface area contributed by atoms with E-state index in [2.05, 4.69) is 25.6 Å². The number of carbonyl (C=O) groups is 1. The first-order chi connectivity index (χ1) is 5.09. The Morgan fingerprint density at radius 1 is 1.73 bits per heavy atom. The van der Waals surface area contributed by atoms with Crippen molar-refractivity contribution in [1.82, 2.24) is 3.71 Å². The second-order valence-electron chi connectivity index (χ2n) is 1.96. The van der Waals surface area contributed by atoms with E-state index >= 15 is 0 Å². The molecule has 3 nitrogen and oxygen atoms in total. The Bertz CT molecular complexity index is 131. The van der Waals surface area contributed by atoms with Gasteiger partial charge in [0.15, 0.2) is 0 Å². The standard InChI is InChI=1S/C5H11NO2S3/c1-11-3-2-4(5(7)8)6(9)10/h4,9-10H,2-3H2,1H3,(H,7,8)/t4-/m0/s1. The van der Waals surface area contributed by atoms with Crippen molar-refractivity contribution in [2.75, 3.05) is 12.0 Å². The molecule has 6 heteroatoms. The summed E-state index contributed by atoms with van der Waals surface area (Å²) in [6.45, 7) is 0. The number of carboxylic acid groups (broad SMARTS) is 1. The Labute approximate surface area is 81.6 Å². The van der Waals surface area contributed by atoms with Gasteiger partial charge in [0.1, 0.15) is 6.04 Å². The highest BCUT2D eigenvalue weighted by Crippen LogP contribution is 2.12. The lowest BCUT2D eigenvalue weighted by Gasteiger charge is -2.16. The Balaban J connectivity index is 3.80. The van der Waals surface area contributed by atoms with Gasteiger partial charge < -0.3 is 5.11 Å². The molecular weight excluding hydrogens is 202 g/mol. The minimum atomic E-state index is -0.885. The lowest BCUT2D eigenvalue weighted by Crippen LogP contribution is -2.29. The molecule has 0 bridgehead atoms. The Morgan fingerprint density at radius 2 is 2.27 bits per heavy atom. The highest BCUT2D eigenvalue weighted by molar-refractivity contribution is 7.98. The average Bonchev–Trinajstić information content (AvgIpc) is 1.87. The third-order valence-electron chi connectivity index (χ3n) is 1.16. The Morgan fingerprint density at radius 3 is 2.55 bits per heavy atom. The van der Waals surface area contributed by atoms with Crippen molar-refractivity contribution in [3.05, 3.63) is 0 Å². The first kappa shape index (κ1) is 11.5. The van der Waals surface area contributed by atoms with E-state index in [1.165, 1.54) is 0 Å². The van der Waals surface area contributed by atoms with Crippen LogP contribution < -0.4 is 0 Å². The molecule has 0 unspecified atom stereocenters. The van der Waals surface area contributed by atoms with Gasteiger partial charge in [0.2, 0.25) is 0 Å². The molecule has 0 aliphatic carbocycles. The van der Waals surface area contributed by atoms with E-state index in [0.717, 1.165) is 9.46 Å². The SMILES string of the molecule is CSCC[C@@H](C(=O)O)N(S)S. The van der Waals surface area contributed by atoms with Crippen LogP contribution in [0.1, 0.15) is 6.42 Å². The molecule has 0 amide bonds. The predicted octanol–water partition coefficient (Wildman–Crippen LogP) is 1.18. The fourth-order valence-corrected chi connectivity index (χ4v) is 1.45. The van der Waals surface area contributed by atoms with Crippen LogP contribution >= 0.6 is 37.4 Å². The number of thiol groups is 2. The van der Waals surface area contributed by atoms with Gasteiger partial charge in [-0.25, -0.2) is 0 Å². The highest BCUT2D eigenvalue weighted by Gasteiger charge is 2.20. The molecule has 0 heterocycles. The summed E-state index contributed by atoms with van der Waals surface area (Å²) in [7, 11) is 0. The molecular formula is C5H11NO2S3. The van der Waals surface area contributed by atoms with Gasteiger partial charge in [0.25, 0.3) is 0 Å². The van der Waals surface area contributed by atoms with Gasteiger partial charge in [0, 0.05) is 0 Å². The normalized spacial score (nSPS) is 13.5. The van der Waals surface area contributed by atoms with Crippen LogP contribution in [0.25, 0.3) is 0 Å². The summed E-state index contributed by atoms with van der Waals surface area (Å²) in [4.78, 5) is 10.5. The summed E-state index contributed by atoms with van der Waals surface area (Å²) in [6.07, 6.45) is 2.49. The molecule has 0 aromatic rings. The van der Waals surface area contributed by atoms with Gasteiger partial charge in [0.05, 0.1) is 0 Å². The molecule has 0 aliphatic heterocycles. The van der Waals surface area contributed by atoms with Crippen LogP contribution in [0.3, 0.4) is 0 Å². The summed E-state index contributed by atoms with van der Waals surface area (Å²) < 4.78 is 1.12.